The minimum Gasteiger partial charge on any atom is -0.478 e. The minimum absolute atomic E-state index is 0.451. The zero-order chi connectivity index (χ0) is 14.2. The summed E-state index contributed by atoms with van der Waals surface area (Å²) in [6, 6.07) is 5.78. The normalized spacial score (nSPS) is 21.4. The summed E-state index contributed by atoms with van der Waals surface area (Å²) in [4.78, 5) is 13.7. The first-order chi connectivity index (χ1) is 9.60. The summed E-state index contributed by atoms with van der Waals surface area (Å²) in [5.74, 6) is -0.815. The second kappa shape index (κ2) is 5.12. The zero-order valence-corrected chi connectivity index (χ0v) is 12.2. The predicted molar refractivity (Wildman–Crippen MR) is 80.5 cm³/mol. The van der Waals surface area contributed by atoms with Gasteiger partial charge in [0, 0.05) is 13.1 Å². The predicted octanol–water partition coefficient (Wildman–Crippen LogP) is 3.85. The molecule has 1 aromatic carbocycles. The molecular formula is C17H23NO2. The van der Waals surface area contributed by atoms with Gasteiger partial charge < -0.3 is 10.0 Å². The SMILES string of the molecule is Cc1ccc(N2CCC3(CCCC3)CC2)c(C(=O)O)c1. The van der Waals surface area contributed by atoms with Crippen molar-refractivity contribution in [3.05, 3.63) is 29.3 Å². The number of anilines is 1. The van der Waals surface area contributed by atoms with E-state index in [1.807, 2.05) is 19.1 Å². The maximum atomic E-state index is 11.4. The van der Waals surface area contributed by atoms with Crippen LogP contribution < -0.4 is 4.90 Å². The number of nitrogens with zero attached hydrogens (tertiary/aromatic N) is 1. The Balaban J connectivity index is 1.79. The lowest BCUT2D eigenvalue weighted by atomic mass is 9.77. The van der Waals surface area contributed by atoms with E-state index in [4.69, 9.17) is 0 Å². The van der Waals surface area contributed by atoms with Gasteiger partial charge in [-0.05, 0) is 50.2 Å². The summed E-state index contributed by atoms with van der Waals surface area (Å²) in [5.41, 5.74) is 2.93. The van der Waals surface area contributed by atoms with Crippen molar-refractivity contribution in [1.29, 1.82) is 0 Å². The topological polar surface area (TPSA) is 40.5 Å². The van der Waals surface area contributed by atoms with Crippen molar-refractivity contribution in [3.63, 3.8) is 0 Å². The molecule has 1 heterocycles. The number of hydrogen-bond acceptors (Lipinski definition) is 2. The average molecular weight is 273 g/mol. The van der Waals surface area contributed by atoms with Crippen LogP contribution >= 0.6 is 0 Å². The van der Waals surface area contributed by atoms with Crippen LogP contribution in [0.15, 0.2) is 18.2 Å². The maximum absolute atomic E-state index is 11.4. The van der Waals surface area contributed by atoms with Gasteiger partial charge in [0.1, 0.15) is 0 Å². The number of piperidine rings is 1. The number of aromatic carboxylic acids is 1. The van der Waals surface area contributed by atoms with E-state index in [9.17, 15) is 9.90 Å². The van der Waals surface area contributed by atoms with Gasteiger partial charge in [-0.3, -0.25) is 0 Å². The molecule has 2 fully saturated rings. The van der Waals surface area contributed by atoms with E-state index in [1.54, 1.807) is 6.07 Å². The molecule has 1 aromatic rings. The van der Waals surface area contributed by atoms with Gasteiger partial charge in [0.05, 0.1) is 11.3 Å². The largest absolute Gasteiger partial charge is 0.478 e. The molecule has 0 amide bonds. The van der Waals surface area contributed by atoms with Crippen molar-refractivity contribution in [2.75, 3.05) is 18.0 Å². The summed E-state index contributed by atoms with van der Waals surface area (Å²) in [6.07, 6.45) is 7.96. The molecular weight excluding hydrogens is 250 g/mol. The molecule has 1 aliphatic heterocycles. The fourth-order valence-corrected chi connectivity index (χ4v) is 3.94. The Labute approximate surface area is 120 Å². The molecule has 1 N–H and O–H groups in total. The molecule has 1 aliphatic carbocycles. The van der Waals surface area contributed by atoms with Crippen LogP contribution in [0.3, 0.4) is 0 Å². The van der Waals surface area contributed by atoms with Crippen molar-refractivity contribution in [2.45, 2.75) is 45.4 Å². The summed E-state index contributed by atoms with van der Waals surface area (Å²) >= 11 is 0. The van der Waals surface area contributed by atoms with Crippen LogP contribution in [-0.4, -0.2) is 24.2 Å². The molecule has 1 saturated carbocycles. The summed E-state index contributed by atoms with van der Waals surface area (Å²) < 4.78 is 0. The van der Waals surface area contributed by atoms with Crippen LogP contribution in [0.1, 0.15) is 54.4 Å². The first kappa shape index (κ1) is 13.5. The van der Waals surface area contributed by atoms with Crippen LogP contribution in [0, 0.1) is 12.3 Å². The highest BCUT2D eigenvalue weighted by Gasteiger charge is 2.37. The van der Waals surface area contributed by atoms with Crippen LogP contribution in [0.2, 0.25) is 0 Å². The Morgan fingerprint density at radius 3 is 2.40 bits per heavy atom. The fourth-order valence-electron chi connectivity index (χ4n) is 3.94. The molecule has 0 atom stereocenters. The molecule has 108 valence electrons. The number of rotatable bonds is 2. The number of aryl methyl sites for hydroxylation is 1. The van der Waals surface area contributed by atoms with E-state index in [0.29, 0.717) is 11.0 Å². The molecule has 0 aromatic heterocycles. The number of carboxylic acid groups (broad SMARTS) is 1. The fraction of sp³-hybridized carbons (Fsp3) is 0.588. The molecule has 0 radical (unpaired) electrons. The second-order valence-electron chi connectivity index (χ2n) is 6.52. The van der Waals surface area contributed by atoms with Crippen molar-refractivity contribution < 1.29 is 9.90 Å². The third-order valence-corrected chi connectivity index (χ3v) is 5.21. The van der Waals surface area contributed by atoms with Crippen molar-refractivity contribution in [3.8, 4) is 0 Å². The standard InChI is InChI=1S/C17H23NO2/c1-13-4-5-15(14(12-13)16(19)20)18-10-8-17(9-11-18)6-2-3-7-17/h4-5,12H,2-3,6-11H2,1H3,(H,19,20). The Bertz CT molecular complexity index is 508. The number of carboxylic acids is 1. The molecule has 3 nitrogen and oxygen atoms in total. The van der Waals surface area contributed by atoms with Gasteiger partial charge in [0.2, 0.25) is 0 Å². The lowest BCUT2D eigenvalue weighted by Crippen LogP contribution is -2.39. The molecule has 0 bridgehead atoms. The Hall–Kier alpha value is -1.51. The maximum Gasteiger partial charge on any atom is 0.337 e. The molecule has 2 aliphatic rings. The first-order valence-electron chi connectivity index (χ1n) is 7.69. The monoisotopic (exact) mass is 273 g/mol. The highest BCUT2D eigenvalue weighted by molar-refractivity contribution is 5.94. The third-order valence-electron chi connectivity index (χ3n) is 5.21. The van der Waals surface area contributed by atoms with Gasteiger partial charge in [0.15, 0.2) is 0 Å². The molecule has 1 spiro atoms. The molecule has 3 heteroatoms. The van der Waals surface area contributed by atoms with E-state index in [1.165, 1.54) is 38.5 Å². The van der Waals surface area contributed by atoms with Crippen molar-refractivity contribution in [1.82, 2.24) is 0 Å². The smallest absolute Gasteiger partial charge is 0.337 e. The lowest BCUT2D eigenvalue weighted by Gasteiger charge is -2.41. The van der Waals surface area contributed by atoms with Crippen molar-refractivity contribution >= 4 is 11.7 Å². The number of hydrogen-bond donors (Lipinski definition) is 1. The summed E-state index contributed by atoms with van der Waals surface area (Å²) in [6.45, 7) is 3.95. The highest BCUT2D eigenvalue weighted by atomic mass is 16.4. The van der Waals surface area contributed by atoms with Crippen LogP contribution in [0.5, 0.6) is 0 Å². The highest BCUT2D eigenvalue weighted by Crippen LogP contribution is 2.46. The average Bonchev–Trinajstić information content (AvgIpc) is 2.88. The quantitative estimate of drug-likeness (QED) is 0.889. The Morgan fingerprint density at radius 2 is 1.80 bits per heavy atom. The van der Waals surface area contributed by atoms with Crippen molar-refractivity contribution in [2.24, 2.45) is 5.41 Å². The van der Waals surface area contributed by atoms with Crippen LogP contribution in [0.4, 0.5) is 5.69 Å². The molecule has 3 rings (SSSR count). The number of benzene rings is 1. The minimum atomic E-state index is -0.815. The van der Waals surface area contributed by atoms with E-state index >= 15 is 0 Å². The van der Waals surface area contributed by atoms with E-state index in [0.717, 1.165) is 24.3 Å². The van der Waals surface area contributed by atoms with Crippen LogP contribution in [-0.2, 0) is 0 Å². The van der Waals surface area contributed by atoms with E-state index in [-0.39, 0.29) is 0 Å². The molecule has 0 unspecified atom stereocenters. The Kier molecular flexibility index (Phi) is 3.45. The van der Waals surface area contributed by atoms with Gasteiger partial charge in [-0.1, -0.05) is 24.5 Å². The van der Waals surface area contributed by atoms with Gasteiger partial charge in [0.25, 0.3) is 0 Å². The molecule has 20 heavy (non-hydrogen) atoms. The number of carbonyl (C=O) groups is 1. The van der Waals surface area contributed by atoms with Gasteiger partial charge in [-0.25, -0.2) is 4.79 Å². The van der Waals surface area contributed by atoms with Gasteiger partial charge in [-0.2, -0.15) is 0 Å². The van der Waals surface area contributed by atoms with E-state index < -0.39 is 5.97 Å². The van der Waals surface area contributed by atoms with Gasteiger partial charge >= 0.3 is 5.97 Å². The summed E-state index contributed by atoms with van der Waals surface area (Å²) in [7, 11) is 0. The van der Waals surface area contributed by atoms with E-state index in [2.05, 4.69) is 4.90 Å². The van der Waals surface area contributed by atoms with Crippen LogP contribution in [0.25, 0.3) is 0 Å². The van der Waals surface area contributed by atoms with Gasteiger partial charge in [-0.15, -0.1) is 0 Å². The third kappa shape index (κ3) is 2.41. The Morgan fingerprint density at radius 1 is 1.15 bits per heavy atom. The lowest BCUT2D eigenvalue weighted by molar-refractivity contribution is 0.0697. The molecule has 1 saturated heterocycles. The second-order valence-corrected chi connectivity index (χ2v) is 6.52. The summed E-state index contributed by atoms with van der Waals surface area (Å²) in [5, 5.41) is 9.40. The zero-order valence-electron chi connectivity index (χ0n) is 12.2. The first-order valence-corrected chi connectivity index (χ1v) is 7.69.